The van der Waals surface area contributed by atoms with Crippen LogP contribution in [-0.2, 0) is 28.6 Å². The number of esters is 3. The van der Waals surface area contributed by atoms with Gasteiger partial charge in [-0.2, -0.15) is 0 Å². The third kappa shape index (κ3) is 49.2. The van der Waals surface area contributed by atoms with Gasteiger partial charge in [0, 0.05) is 19.3 Å². The van der Waals surface area contributed by atoms with Gasteiger partial charge in [0.05, 0.1) is 0 Å². The molecule has 1 unspecified atom stereocenters. The van der Waals surface area contributed by atoms with Crippen LogP contribution >= 0.6 is 0 Å². The quantitative estimate of drug-likeness (QED) is 0.0262. The molecule has 0 saturated carbocycles. The second kappa shape index (κ2) is 51.0. The van der Waals surface area contributed by atoms with Gasteiger partial charge in [0.25, 0.3) is 0 Å². The molecule has 0 saturated heterocycles. The van der Waals surface area contributed by atoms with Crippen LogP contribution in [-0.4, -0.2) is 37.2 Å². The second-order valence-electron chi connectivity index (χ2n) is 16.7. The lowest BCUT2D eigenvalue weighted by Crippen LogP contribution is -2.30. The maximum Gasteiger partial charge on any atom is 0.306 e. The van der Waals surface area contributed by atoms with Crippen LogP contribution < -0.4 is 0 Å². The molecule has 0 aromatic carbocycles. The van der Waals surface area contributed by atoms with Gasteiger partial charge in [0.2, 0.25) is 0 Å². The number of ether oxygens (including phenoxy) is 3. The first-order chi connectivity index (χ1) is 31.0. The van der Waals surface area contributed by atoms with Crippen LogP contribution in [0.2, 0.25) is 0 Å². The van der Waals surface area contributed by atoms with Gasteiger partial charge in [-0.25, -0.2) is 0 Å². The first-order valence-electron chi connectivity index (χ1n) is 25.7. The fourth-order valence-electron chi connectivity index (χ4n) is 6.73. The van der Waals surface area contributed by atoms with Crippen LogP contribution in [0, 0.1) is 0 Å². The molecule has 358 valence electrons. The van der Waals surface area contributed by atoms with Gasteiger partial charge in [0.1, 0.15) is 13.2 Å². The number of allylic oxidation sites excluding steroid dienone is 16. The van der Waals surface area contributed by atoms with Crippen molar-refractivity contribution in [1.82, 2.24) is 0 Å². The van der Waals surface area contributed by atoms with Crippen molar-refractivity contribution < 1.29 is 28.6 Å². The molecule has 0 aliphatic heterocycles. The summed E-state index contributed by atoms with van der Waals surface area (Å²) in [5, 5.41) is 0. The summed E-state index contributed by atoms with van der Waals surface area (Å²) in [5.74, 6) is -0.946. The molecule has 6 heteroatoms. The summed E-state index contributed by atoms with van der Waals surface area (Å²) in [5.41, 5.74) is 0. The Morgan fingerprint density at radius 3 is 0.984 bits per heavy atom. The standard InChI is InChI=1S/C57H94O6/c1-4-7-10-13-16-19-22-25-27-28-29-30-31-33-35-38-41-44-47-50-56(59)62-53-54(52-61-55(58)49-46-43-40-37-34-24-21-18-15-12-9-6-3)63-57(60)51-48-45-42-39-36-32-26-23-20-17-14-11-8-5-2/h7-8,10-11,16-21,25-27,29-30,32,54H,4-6,9,12-15,22-24,28,31,33-53H2,1-3H3/b10-7-,11-8-,19-16-,20-17-,21-18-,27-25-,30-29-,32-26-. The number of rotatable bonds is 45. The normalized spacial score (nSPS) is 12.9. The van der Waals surface area contributed by atoms with Crippen molar-refractivity contribution in [3.05, 3.63) is 97.2 Å². The van der Waals surface area contributed by atoms with Crippen LogP contribution in [0.4, 0.5) is 0 Å². The lowest BCUT2D eigenvalue weighted by molar-refractivity contribution is -0.167. The van der Waals surface area contributed by atoms with Crippen molar-refractivity contribution in [2.45, 2.75) is 232 Å². The molecule has 0 aromatic heterocycles. The minimum absolute atomic E-state index is 0.0969. The summed E-state index contributed by atoms with van der Waals surface area (Å²) in [7, 11) is 0. The Balaban J connectivity index is 4.44. The van der Waals surface area contributed by atoms with Gasteiger partial charge < -0.3 is 14.2 Å². The molecular weight excluding hydrogens is 781 g/mol. The molecule has 0 heterocycles. The smallest absolute Gasteiger partial charge is 0.306 e. The summed E-state index contributed by atoms with van der Waals surface area (Å²) in [6.07, 6.45) is 66.7. The number of carbonyl (C=O) groups is 3. The van der Waals surface area contributed by atoms with Gasteiger partial charge >= 0.3 is 17.9 Å². The van der Waals surface area contributed by atoms with Gasteiger partial charge in [-0.15, -0.1) is 0 Å². The number of hydrogen-bond donors (Lipinski definition) is 0. The Labute approximate surface area is 387 Å². The zero-order valence-electron chi connectivity index (χ0n) is 40.8. The number of hydrogen-bond acceptors (Lipinski definition) is 6. The fourth-order valence-corrected chi connectivity index (χ4v) is 6.73. The zero-order chi connectivity index (χ0) is 45.8. The monoisotopic (exact) mass is 875 g/mol. The van der Waals surface area contributed by atoms with Crippen molar-refractivity contribution in [1.29, 1.82) is 0 Å². The van der Waals surface area contributed by atoms with Crippen molar-refractivity contribution in [2.75, 3.05) is 13.2 Å². The Hall–Kier alpha value is -3.67. The molecular formula is C57H94O6. The molecule has 0 bridgehead atoms. The van der Waals surface area contributed by atoms with Crippen LogP contribution in [0.25, 0.3) is 0 Å². The first kappa shape index (κ1) is 59.3. The van der Waals surface area contributed by atoms with E-state index in [2.05, 4.69) is 118 Å². The third-order valence-electron chi connectivity index (χ3n) is 10.6. The van der Waals surface area contributed by atoms with Gasteiger partial charge in [-0.3, -0.25) is 14.4 Å². The SMILES string of the molecule is CC/C=C\C/C=C\C/C=C\C/C=C\CCCCCCCCC(=O)OCC(COC(=O)CCCCCCC/C=C\CCCCC)OC(=O)CCCCCC/C=C\C/C=C\C/C=C\CC. The van der Waals surface area contributed by atoms with Gasteiger partial charge in [0.15, 0.2) is 6.10 Å². The largest absolute Gasteiger partial charge is 0.462 e. The van der Waals surface area contributed by atoms with Crippen molar-refractivity contribution >= 4 is 17.9 Å². The van der Waals surface area contributed by atoms with E-state index >= 15 is 0 Å². The Kier molecular flexibility index (Phi) is 48.0. The summed E-state index contributed by atoms with van der Waals surface area (Å²) >= 11 is 0. The number of carbonyl (C=O) groups excluding carboxylic acids is 3. The molecule has 0 aromatic rings. The predicted molar refractivity (Wildman–Crippen MR) is 270 cm³/mol. The summed E-state index contributed by atoms with van der Waals surface area (Å²) in [6, 6.07) is 0. The first-order valence-corrected chi connectivity index (χ1v) is 25.7. The summed E-state index contributed by atoms with van der Waals surface area (Å²) in [6.45, 7) is 6.34. The van der Waals surface area contributed by atoms with E-state index in [4.69, 9.17) is 14.2 Å². The summed E-state index contributed by atoms with van der Waals surface area (Å²) in [4.78, 5) is 38.0. The molecule has 0 radical (unpaired) electrons. The van der Waals surface area contributed by atoms with Crippen LogP contribution in [0.3, 0.4) is 0 Å². The molecule has 0 rings (SSSR count). The molecule has 6 nitrogen and oxygen atoms in total. The highest BCUT2D eigenvalue weighted by Crippen LogP contribution is 2.13. The average Bonchev–Trinajstić information content (AvgIpc) is 3.28. The highest BCUT2D eigenvalue weighted by atomic mass is 16.6. The van der Waals surface area contributed by atoms with Crippen molar-refractivity contribution in [3.8, 4) is 0 Å². The van der Waals surface area contributed by atoms with Crippen molar-refractivity contribution in [3.63, 3.8) is 0 Å². The molecule has 0 aliphatic rings. The Morgan fingerprint density at radius 1 is 0.333 bits per heavy atom. The topological polar surface area (TPSA) is 78.9 Å². The fraction of sp³-hybridized carbons (Fsp3) is 0.667. The highest BCUT2D eigenvalue weighted by Gasteiger charge is 2.19. The third-order valence-corrected chi connectivity index (χ3v) is 10.6. The van der Waals surface area contributed by atoms with E-state index in [1.54, 1.807) is 0 Å². The minimum atomic E-state index is -0.799. The number of unbranched alkanes of at least 4 members (excludes halogenated alkanes) is 18. The Bertz CT molecular complexity index is 1280. The maximum absolute atomic E-state index is 12.8. The van der Waals surface area contributed by atoms with E-state index in [1.165, 1.54) is 44.9 Å². The minimum Gasteiger partial charge on any atom is -0.462 e. The van der Waals surface area contributed by atoms with Crippen LogP contribution in [0.1, 0.15) is 226 Å². The molecule has 63 heavy (non-hydrogen) atoms. The maximum atomic E-state index is 12.8. The van der Waals surface area contributed by atoms with E-state index in [1.807, 2.05) is 0 Å². The lowest BCUT2D eigenvalue weighted by atomic mass is 10.1. The molecule has 0 N–H and O–H groups in total. The van der Waals surface area contributed by atoms with E-state index in [0.717, 1.165) is 141 Å². The van der Waals surface area contributed by atoms with Gasteiger partial charge in [-0.05, 0) is 116 Å². The van der Waals surface area contributed by atoms with Crippen LogP contribution in [0.15, 0.2) is 97.2 Å². The van der Waals surface area contributed by atoms with E-state index in [9.17, 15) is 14.4 Å². The predicted octanol–water partition coefficient (Wildman–Crippen LogP) is 17.0. The molecule has 0 amide bonds. The average molecular weight is 875 g/mol. The van der Waals surface area contributed by atoms with Crippen molar-refractivity contribution in [2.24, 2.45) is 0 Å². The van der Waals surface area contributed by atoms with E-state index in [0.29, 0.717) is 19.3 Å². The lowest BCUT2D eigenvalue weighted by Gasteiger charge is -2.18. The second-order valence-corrected chi connectivity index (χ2v) is 16.7. The van der Waals surface area contributed by atoms with Gasteiger partial charge in [-0.1, -0.05) is 189 Å². The van der Waals surface area contributed by atoms with E-state index < -0.39 is 6.10 Å². The summed E-state index contributed by atoms with van der Waals surface area (Å²) < 4.78 is 16.8. The molecule has 1 atom stereocenters. The van der Waals surface area contributed by atoms with Crippen LogP contribution in [0.5, 0.6) is 0 Å². The molecule has 0 spiro atoms. The highest BCUT2D eigenvalue weighted by molar-refractivity contribution is 5.71. The Morgan fingerprint density at radius 2 is 0.619 bits per heavy atom. The molecule has 0 aliphatic carbocycles. The molecule has 0 fully saturated rings. The van der Waals surface area contributed by atoms with E-state index in [-0.39, 0.29) is 31.1 Å². The zero-order valence-corrected chi connectivity index (χ0v) is 40.8.